The van der Waals surface area contributed by atoms with Crippen LogP contribution in [-0.4, -0.2) is 13.2 Å². The third kappa shape index (κ3) is 2.80. The lowest BCUT2D eigenvalue weighted by molar-refractivity contribution is -0.00314. The third-order valence-electron chi connectivity index (χ3n) is 2.70. The summed E-state index contributed by atoms with van der Waals surface area (Å²) in [6.07, 6.45) is -0.218. The standard InChI is InChI=1S/C13H20FNO/c1-13(2,3)12(16-4)11(15)9-7-5-6-8-10(9)14/h5-8,11-12H,15H2,1-4H3. The highest BCUT2D eigenvalue weighted by Gasteiger charge is 2.32. The van der Waals surface area contributed by atoms with E-state index >= 15 is 0 Å². The number of benzene rings is 1. The molecule has 3 heteroatoms. The summed E-state index contributed by atoms with van der Waals surface area (Å²) >= 11 is 0. The quantitative estimate of drug-likeness (QED) is 0.858. The van der Waals surface area contributed by atoms with Gasteiger partial charge in [0.2, 0.25) is 0 Å². The van der Waals surface area contributed by atoms with E-state index in [4.69, 9.17) is 10.5 Å². The van der Waals surface area contributed by atoms with Gasteiger partial charge in [-0.3, -0.25) is 0 Å². The minimum atomic E-state index is -0.453. The van der Waals surface area contributed by atoms with Gasteiger partial charge in [0.15, 0.2) is 0 Å². The van der Waals surface area contributed by atoms with Gasteiger partial charge in [-0.15, -0.1) is 0 Å². The van der Waals surface area contributed by atoms with Crippen LogP contribution in [0.5, 0.6) is 0 Å². The Labute approximate surface area is 96.6 Å². The molecule has 0 amide bonds. The zero-order valence-corrected chi connectivity index (χ0v) is 10.3. The number of methoxy groups -OCH3 is 1. The second-order valence-corrected chi connectivity index (χ2v) is 5.07. The maximum absolute atomic E-state index is 13.6. The Balaban J connectivity index is 3.01. The molecular weight excluding hydrogens is 205 g/mol. The molecule has 0 aliphatic rings. The smallest absolute Gasteiger partial charge is 0.128 e. The molecule has 1 aromatic carbocycles. The normalized spacial score (nSPS) is 15.9. The Morgan fingerprint density at radius 1 is 1.25 bits per heavy atom. The summed E-state index contributed by atoms with van der Waals surface area (Å²) in [7, 11) is 1.61. The van der Waals surface area contributed by atoms with E-state index in [0.717, 1.165) is 0 Å². The molecule has 0 saturated heterocycles. The van der Waals surface area contributed by atoms with Gasteiger partial charge in [0, 0.05) is 12.7 Å². The topological polar surface area (TPSA) is 35.2 Å². The van der Waals surface area contributed by atoms with Crippen molar-refractivity contribution in [2.75, 3.05) is 7.11 Å². The van der Waals surface area contributed by atoms with Gasteiger partial charge in [-0.05, 0) is 11.5 Å². The van der Waals surface area contributed by atoms with Crippen molar-refractivity contribution in [2.45, 2.75) is 32.9 Å². The highest BCUT2D eigenvalue weighted by atomic mass is 19.1. The molecule has 2 atom stereocenters. The van der Waals surface area contributed by atoms with Crippen molar-refractivity contribution < 1.29 is 9.13 Å². The molecule has 0 radical (unpaired) electrons. The number of rotatable bonds is 3. The number of nitrogens with two attached hydrogens (primary N) is 1. The molecule has 0 saturated carbocycles. The summed E-state index contributed by atoms with van der Waals surface area (Å²) in [6, 6.07) is 6.12. The SMILES string of the molecule is COC(C(N)c1ccccc1F)C(C)(C)C. The summed E-state index contributed by atoms with van der Waals surface area (Å²) in [5, 5.41) is 0. The molecule has 16 heavy (non-hydrogen) atoms. The molecule has 2 nitrogen and oxygen atoms in total. The van der Waals surface area contributed by atoms with Crippen LogP contribution in [-0.2, 0) is 4.74 Å². The van der Waals surface area contributed by atoms with Gasteiger partial charge in [0.25, 0.3) is 0 Å². The Morgan fingerprint density at radius 2 is 1.81 bits per heavy atom. The number of hydrogen-bond acceptors (Lipinski definition) is 2. The van der Waals surface area contributed by atoms with Crippen LogP contribution in [0.2, 0.25) is 0 Å². The average Bonchev–Trinajstić information content (AvgIpc) is 2.17. The van der Waals surface area contributed by atoms with Crippen molar-refractivity contribution in [1.29, 1.82) is 0 Å². The van der Waals surface area contributed by atoms with E-state index < -0.39 is 6.04 Å². The van der Waals surface area contributed by atoms with Gasteiger partial charge >= 0.3 is 0 Å². The van der Waals surface area contributed by atoms with Crippen molar-refractivity contribution in [1.82, 2.24) is 0 Å². The monoisotopic (exact) mass is 225 g/mol. The average molecular weight is 225 g/mol. The Bertz CT molecular complexity index is 346. The first-order chi connectivity index (χ1) is 7.38. The van der Waals surface area contributed by atoms with Crippen molar-refractivity contribution in [3.63, 3.8) is 0 Å². The number of halogens is 1. The molecule has 2 unspecified atom stereocenters. The molecule has 0 fully saturated rings. The van der Waals surface area contributed by atoms with E-state index in [9.17, 15) is 4.39 Å². The minimum Gasteiger partial charge on any atom is -0.379 e. The molecule has 2 N–H and O–H groups in total. The molecule has 0 aromatic heterocycles. The summed E-state index contributed by atoms with van der Waals surface area (Å²) < 4.78 is 19.0. The summed E-state index contributed by atoms with van der Waals surface area (Å²) in [5.41, 5.74) is 6.45. The van der Waals surface area contributed by atoms with Crippen LogP contribution >= 0.6 is 0 Å². The highest BCUT2D eigenvalue weighted by molar-refractivity contribution is 5.22. The van der Waals surface area contributed by atoms with Crippen LogP contribution in [0, 0.1) is 11.2 Å². The molecule has 0 bridgehead atoms. The Morgan fingerprint density at radius 3 is 2.25 bits per heavy atom. The number of hydrogen-bond donors (Lipinski definition) is 1. The van der Waals surface area contributed by atoms with Crippen LogP contribution in [0.1, 0.15) is 32.4 Å². The highest BCUT2D eigenvalue weighted by Crippen LogP contribution is 2.31. The minimum absolute atomic E-state index is 0.129. The molecule has 0 spiro atoms. The molecule has 1 rings (SSSR count). The lowest BCUT2D eigenvalue weighted by atomic mass is 9.82. The van der Waals surface area contributed by atoms with Crippen molar-refractivity contribution in [2.24, 2.45) is 11.1 Å². The predicted octanol–water partition coefficient (Wildman–Crippen LogP) is 2.89. The van der Waals surface area contributed by atoms with E-state index in [-0.39, 0.29) is 17.3 Å². The van der Waals surface area contributed by atoms with Gasteiger partial charge in [0.1, 0.15) is 5.82 Å². The molecule has 0 aliphatic carbocycles. The van der Waals surface area contributed by atoms with Crippen LogP contribution in [0.4, 0.5) is 4.39 Å². The van der Waals surface area contributed by atoms with Crippen LogP contribution in [0.3, 0.4) is 0 Å². The zero-order chi connectivity index (χ0) is 12.3. The van der Waals surface area contributed by atoms with Crippen LogP contribution in [0.15, 0.2) is 24.3 Å². The van der Waals surface area contributed by atoms with Crippen molar-refractivity contribution in [3.8, 4) is 0 Å². The van der Waals surface area contributed by atoms with Crippen molar-refractivity contribution >= 4 is 0 Å². The summed E-state index contributed by atoms with van der Waals surface area (Å²) in [5.74, 6) is -0.277. The Hall–Kier alpha value is -0.930. The fourth-order valence-corrected chi connectivity index (χ4v) is 1.95. The van der Waals surface area contributed by atoms with E-state index in [0.29, 0.717) is 5.56 Å². The van der Waals surface area contributed by atoms with E-state index in [2.05, 4.69) is 0 Å². The predicted molar refractivity (Wildman–Crippen MR) is 63.6 cm³/mol. The van der Waals surface area contributed by atoms with Gasteiger partial charge in [0.05, 0.1) is 12.1 Å². The fraction of sp³-hybridized carbons (Fsp3) is 0.538. The summed E-state index contributed by atoms with van der Waals surface area (Å²) in [4.78, 5) is 0. The molecule has 0 heterocycles. The third-order valence-corrected chi connectivity index (χ3v) is 2.70. The first-order valence-corrected chi connectivity index (χ1v) is 5.40. The molecule has 0 aliphatic heterocycles. The zero-order valence-electron chi connectivity index (χ0n) is 10.3. The maximum Gasteiger partial charge on any atom is 0.128 e. The van der Waals surface area contributed by atoms with Crippen LogP contribution in [0.25, 0.3) is 0 Å². The number of ether oxygens (including phenoxy) is 1. The van der Waals surface area contributed by atoms with Gasteiger partial charge in [-0.2, -0.15) is 0 Å². The molecule has 1 aromatic rings. The van der Waals surface area contributed by atoms with E-state index in [1.54, 1.807) is 25.3 Å². The van der Waals surface area contributed by atoms with Gasteiger partial charge in [-0.25, -0.2) is 4.39 Å². The summed E-state index contributed by atoms with van der Waals surface area (Å²) in [6.45, 7) is 6.09. The molecule has 90 valence electrons. The maximum atomic E-state index is 13.6. The van der Waals surface area contributed by atoms with Crippen molar-refractivity contribution in [3.05, 3.63) is 35.6 Å². The first-order valence-electron chi connectivity index (χ1n) is 5.40. The largest absolute Gasteiger partial charge is 0.379 e. The lowest BCUT2D eigenvalue weighted by Crippen LogP contribution is -2.39. The first kappa shape index (κ1) is 13.1. The lowest BCUT2D eigenvalue weighted by Gasteiger charge is -2.34. The van der Waals surface area contributed by atoms with Crippen LogP contribution < -0.4 is 5.73 Å². The second kappa shape index (κ2) is 4.93. The second-order valence-electron chi connectivity index (χ2n) is 5.07. The van der Waals surface area contributed by atoms with E-state index in [1.165, 1.54) is 6.07 Å². The van der Waals surface area contributed by atoms with E-state index in [1.807, 2.05) is 20.8 Å². The molecular formula is C13H20FNO. The fourth-order valence-electron chi connectivity index (χ4n) is 1.95. The van der Waals surface area contributed by atoms with Gasteiger partial charge in [-0.1, -0.05) is 39.0 Å². The van der Waals surface area contributed by atoms with Gasteiger partial charge < -0.3 is 10.5 Å². The Kier molecular flexibility index (Phi) is 4.05.